The minimum absolute atomic E-state index is 0.891. The van der Waals surface area contributed by atoms with Crippen LogP contribution in [0.1, 0.15) is 33.6 Å². The van der Waals surface area contributed by atoms with Crippen molar-refractivity contribution in [2.24, 2.45) is 5.92 Å². The van der Waals surface area contributed by atoms with Gasteiger partial charge in [-0.3, -0.25) is 4.90 Å². The summed E-state index contributed by atoms with van der Waals surface area (Å²) in [4.78, 5) is 5.09. The Morgan fingerprint density at radius 1 is 1.00 bits per heavy atom. The molecule has 0 bridgehead atoms. The van der Waals surface area contributed by atoms with Crippen molar-refractivity contribution < 1.29 is 0 Å². The molecule has 0 unspecified atom stereocenters. The summed E-state index contributed by atoms with van der Waals surface area (Å²) in [6.45, 7) is 11.7. The maximum atomic E-state index is 2.68. The van der Waals surface area contributed by atoms with Crippen LogP contribution < -0.4 is 0 Å². The van der Waals surface area contributed by atoms with E-state index in [1.54, 1.807) is 0 Å². The van der Waals surface area contributed by atoms with Crippen molar-refractivity contribution in [1.82, 2.24) is 9.80 Å². The van der Waals surface area contributed by atoms with Crippen LogP contribution >= 0.6 is 0 Å². The number of rotatable bonds is 1. The zero-order valence-corrected chi connectivity index (χ0v) is 10.3. The molecule has 0 amide bonds. The summed E-state index contributed by atoms with van der Waals surface area (Å²) >= 11 is 0. The van der Waals surface area contributed by atoms with Gasteiger partial charge in [0, 0.05) is 19.1 Å². The Morgan fingerprint density at radius 2 is 1.50 bits per heavy atom. The van der Waals surface area contributed by atoms with Gasteiger partial charge in [-0.2, -0.15) is 0 Å². The third-order valence-corrected chi connectivity index (χ3v) is 3.38. The van der Waals surface area contributed by atoms with E-state index in [0.717, 1.165) is 12.0 Å². The first-order valence-corrected chi connectivity index (χ1v) is 6.18. The number of hydrogen-bond acceptors (Lipinski definition) is 2. The molecule has 0 spiro atoms. The fourth-order valence-corrected chi connectivity index (χ4v) is 2.29. The number of likely N-dealkylation sites (N-methyl/N-ethyl adjacent to an activating group) is 1. The lowest BCUT2D eigenvalue weighted by Gasteiger charge is -2.46. The van der Waals surface area contributed by atoms with Gasteiger partial charge in [-0.05, 0) is 38.9 Å². The Labute approximate surface area is 89.3 Å². The summed E-state index contributed by atoms with van der Waals surface area (Å²) in [5, 5.41) is 0. The monoisotopic (exact) mass is 198 g/mol. The SMILES string of the molecule is CC.CC1CCN(C2CN(C)C2)CC1. The van der Waals surface area contributed by atoms with Gasteiger partial charge in [0.25, 0.3) is 0 Å². The first-order valence-electron chi connectivity index (χ1n) is 6.18. The maximum Gasteiger partial charge on any atom is 0.0350 e. The Balaban J connectivity index is 0.000000461. The first kappa shape index (κ1) is 12.0. The van der Waals surface area contributed by atoms with Gasteiger partial charge < -0.3 is 4.90 Å². The highest BCUT2D eigenvalue weighted by molar-refractivity contribution is 4.87. The molecule has 2 aliphatic heterocycles. The third-order valence-electron chi connectivity index (χ3n) is 3.38. The van der Waals surface area contributed by atoms with Crippen LogP contribution in [0.5, 0.6) is 0 Å². The molecule has 84 valence electrons. The topological polar surface area (TPSA) is 6.48 Å². The lowest BCUT2D eigenvalue weighted by Crippen LogP contribution is -2.59. The van der Waals surface area contributed by atoms with E-state index < -0.39 is 0 Å². The van der Waals surface area contributed by atoms with E-state index in [4.69, 9.17) is 0 Å². The van der Waals surface area contributed by atoms with Gasteiger partial charge in [0.1, 0.15) is 0 Å². The average Bonchev–Trinajstić information content (AvgIpc) is 2.18. The minimum Gasteiger partial charge on any atom is -0.303 e. The number of hydrogen-bond donors (Lipinski definition) is 0. The Kier molecular flexibility index (Phi) is 4.90. The summed E-state index contributed by atoms with van der Waals surface area (Å²) in [6, 6.07) is 0.891. The molecule has 2 aliphatic rings. The molecule has 14 heavy (non-hydrogen) atoms. The van der Waals surface area contributed by atoms with Gasteiger partial charge in [0.05, 0.1) is 0 Å². The summed E-state index contributed by atoms with van der Waals surface area (Å²) in [7, 11) is 2.21. The van der Waals surface area contributed by atoms with Crippen LogP contribution in [0.3, 0.4) is 0 Å². The Bertz CT molecular complexity index is 144. The zero-order valence-electron chi connectivity index (χ0n) is 10.3. The summed E-state index contributed by atoms with van der Waals surface area (Å²) in [5.41, 5.74) is 0. The van der Waals surface area contributed by atoms with Crippen molar-refractivity contribution in [1.29, 1.82) is 0 Å². The van der Waals surface area contributed by atoms with E-state index >= 15 is 0 Å². The molecule has 0 atom stereocenters. The largest absolute Gasteiger partial charge is 0.303 e. The standard InChI is InChI=1S/C10H20N2.C2H6/c1-9-3-5-12(6-4-9)10-7-11(2)8-10;1-2/h9-10H,3-8H2,1-2H3;1-2H3. The highest BCUT2D eigenvalue weighted by Gasteiger charge is 2.30. The fourth-order valence-electron chi connectivity index (χ4n) is 2.29. The van der Waals surface area contributed by atoms with E-state index in [-0.39, 0.29) is 0 Å². The normalized spacial score (nSPS) is 26.6. The molecule has 2 heterocycles. The van der Waals surface area contributed by atoms with Crippen LogP contribution in [0.15, 0.2) is 0 Å². The molecular formula is C12H26N2. The van der Waals surface area contributed by atoms with Crippen molar-refractivity contribution in [3.05, 3.63) is 0 Å². The van der Waals surface area contributed by atoms with Crippen molar-refractivity contribution >= 4 is 0 Å². The number of piperidine rings is 1. The number of nitrogens with zero attached hydrogens (tertiary/aromatic N) is 2. The van der Waals surface area contributed by atoms with Crippen molar-refractivity contribution in [2.75, 3.05) is 33.2 Å². The van der Waals surface area contributed by atoms with Gasteiger partial charge in [-0.1, -0.05) is 20.8 Å². The summed E-state index contributed by atoms with van der Waals surface area (Å²) in [6.07, 6.45) is 2.83. The van der Waals surface area contributed by atoms with Crippen molar-refractivity contribution in [2.45, 2.75) is 39.7 Å². The van der Waals surface area contributed by atoms with Gasteiger partial charge in [-0.25, -0.2) is 0 Å². The van der Waals surface area contributed by atoms with Crippen LogP contribution in [0.25, 0.3) is 0 Å². The average molecular weight is 198 g/mol. The molecule has 2 saturated heterocycles. The molecule has 2 nitrogen and oxygen atoms in total. The van der Waals surface area contributed by atoms with Crippen LogP contribution in [-0.2, 0) is 0 Å². The lowest BCUT2D eigenvalue weighted by molar-refractivity contribution is 0.0313. The molecule has 2 heteroatoms. The van der Waals surface area contributed by atoms with Crippen molar-refractivity contribution in [3.8, 4) is 0 Å². The van der Waals surface area contributed by atoms with Crippen LogP contribution in [-0.4, -0.2) is 49.1 Å². The van der Waals surface area contributed by atoms with E-state index in [1.807, 2.05) is 13.8 Å². The summed E-state index contributed by atoms with van der Waals surface area (Å²) < 4.78 is 0. The minimum atomic E-state index is 0.891. The molecule has 2 rings (SSSR count). The number of likely N-dealkylation sites (tertiary alicyclic amines) is 2. The molecular weight excluding hydrogens is 172 g/mol. The molecule has 0 aromatic carbocycles. The molecule has 0 radical (unpaired) electrons. The summed E-state index contributed by atoms with van der Waals surface area (Å²) in [5.74, 6) is 0.971. The molecule has 2 fully saturated rings. The molecule has 0 saturated carbocycles. The Hall–Kier alpha value is -0.0800. The van der Waals surface area contributed by atoms with Crippen molar-refractivity contribution in [3.63, 3.8) is 0 Å². The third kappa shape index (κ3) is 2.96. The highest BCUT2D eigenvalue weighted by atomic mass is 15.3. The highest BCUT2D eigenvalue weighted by Crippen LogP contribution is 2.21. The fraction of sp³-hybridized carbons (Fsp3) is 1.00. The zero-order chi connectivity index (χ0) is 10.6. The second-order valence-corrected chi connectivity index (χ2v) is 4.59. The predicted molar refractivity (Wildman–Crippen MR) is 62.6 cm³/mol. The second kappa shape index (κ2) is 5.72. The quantitative estimate of drug-likeness (QED) is 0.636. The van der Waals surface area contributed by atoms with Crippen LogP contribution in [0.2, 0.25) is 0 Å². The van der Waals surface area contributed by atoms with E-state index in [9.17, 15) is 0 Å². The van der Waals surface area contributed by atoms with E-state index in [2.05, 4.69) is 23.8 Å². The smallest absolute Gasteiger partial charge is 0.0350 e. The first-order chi connectivity index (χ1) is 6.75. The molecule has 0 N–H and O–H groups in total. The molecule has 0 aromatic rings. The second-order valence-electron chi connectivity index (χ2n) is 4.59. The van der Waals surface area contributed by atoms with Gasteiger partial charge >= 0.3 is 0 Å². The van der Waals surface area contributed by atoms with Gasteiger partial charge in [0.2, 0.25) is 0 Å². The lowest BCUT2D eigenvalue weighted by atomic mass is 9.96. The van der Waals surface area contributed by atoms with Gasteiger partial charge in [0.15, 0.2) is 0 Å². The Morgan fingerprint density at radius 3 is 1.93 bits per heavy atom. The van der Waals surface area contributed by atoms with E-state index in [1.165, 1.54) is 39.0 Å². The maximum absolute atomic E-state index is 2.68. The van der Waals surface area contributed by atoms with Crippen LogP contribution in [0, 0.1) is 5.92 Å². The molecule has 0 aromatic heterocycles. The molecule has 0 aliphatic carbocycles. The van der Waals surface area contributed by atoms with E-state index in [0.29, 0.717) is 0 Å². The van der Waals surface area contributed by atoms with Crippen LogP contribution in [0.4, 0.5) is 0 Å². The predicted octanol–water partition coefficient (Wildman–Crippen LogP) is 2.06. The van der Waals surface area contributed by atoms with Gasteiger partial charge in [-0.15, -0.1) is 0 Å².